The van der Waals surface area contributed by atoms with Crippen LogP contribution in [0.15, 0.2) is 36.4 Å². The first-order chi connectivity index (χ1) is 14.1. The number of carbonyl (C=O) groups is 2. The SMILES string of the molecule is CCCOc1ccc(-c2cc(F)cc(C(=O)OC)c2)cc1CNC(=O)OC(C)(C)C. The molecule has 0 unspecified atom stereocenters. The molecule has 0 spiro atoms. The molecule has 0 heterocycles. The number of amides is 1. The third kappa shape index (κ3) is 6.76. The Balaban J connectivity index is 2.34. The number of methoxy groups -OCH3 is 1. The van der Waals surface area contributed by atoms with E-state index in [0.717, 1.165) is 12.5 Å². The lowest BCUT2D eigenvalue weighted by molar-refractivity contribution is 0.0522. The van der Waals surface area contributed by atoms with Crippen molar-refractivity contribution in [3.8, 4) is 16.9 Å². The van der Waals surface area contributed by atoms with Crippen molar-refractivity contribution < 1.29 is 28.2 Å². The van der Waals surface area contributed by atoms with Crippen molar-refractivity contribution in [3.63, 3.8) is 0 Å². The van der Waals surface area contributed by atoms with Crippen molar-refractivity contribution in [2.45, 2.75) is 46.3 Å². The molecule has 162 valence electrons. The van der Waals surface area contributed by atoms with E-state index in [9.17, 15) is 14.0 Å². The van der Waals surface area contributed by atoms with Gasteiger partial charge in [-0.1, -0.05) is 13.0 Å². The summed E-state index contributed by atoms with van der Waals surface area (Å²) >= 11 is 0. The van der Waals surface area contributed by atoms with Crippen LogP contribution in [0.25, 0.3) is 11.1 Å². The van der Waals surface area contributed by atoms with Crippen LogP contribution in [0.3, 0.4) is 0 Å². The van der Waals surface area contributed by atoms with Crippen LogP contribution < -0.4 is 10.1 Å². The van der Waals surface area contributed by atoms with Crippen molar-refractivity contribution >= 4 is 12.1 Å². The van der Waals surface area contributed by atoms with E-state index < -0.39 is 23.5 Å². The molecule has 6 nitrogen and oxygen atoms in total. The lowest BCUT2D eigenvalue weighted by atomic mass is 10.00. The molecule has 0 aromatic heterocycles. The molecular weight excluding hydrogens is 389 g/mol. The summed E-state index contributed by atoms with van der Waals surface area (Å²) < 4.78 is 29.8. The minimum atomic E-state index is -0.620. The van der Waals surface area contributed by atoms with Gasteiger partial charge in [0.1, 0.15) is 17.2 Å². The van der Waals surface area contributed by atoms with Crippen LogP contribution in [0.1, 0.15) is 50.0 Å². The molecule has 2 aromatic rings. The second-order valence-electron chi connectivity index (χ2n) is 7.75. The quantitative estimate of drug-likeness (QED) is 0.635. The summed E-state index contributed by atoms with van der Waals surface area (Å²) in [6.07, 6.45) is 0.278. The lowest BCUT2D eigenvalue weighted by Gasteiger charge is -2.20. The van der Waals surface area contributed by atoms with Crippen LogP contribution in [0.5, 0.6) is 5.75 Å². The molecule has 0 bridgehead atoms. The molecule has 0 saturated carbocycles. The zero-order valence-electron chi connectivity index (χ0n) is 18.0. The minimum absolute atomic E-state index is 0.118. The molecule has 0 fully saturated rings. The molecule has 0 saturated heterocycles. The number of ether oxygens (including phenoxy) is 3. The van der Waals surface area contributed by atoms with E-state index >= 15 is 0 Å². The van der Waals surface area contributed by atoms with Gasteiger partial charge in [0.25, 0.3) is 0 Å². The summed E-state index contributed by atoms with van der Waals surface area (Å²) in [7, 11) is 1.24. The highest BCUT2D eigenvalue weighted by atomic mass is 19.1. The largest absolute Gasteiger partial charge is 0.493 e. The molecule has 2 aromatic carbocycles. The average molecular weight is 417 g/mol. The van der Waals surface area contributed by atoms with Crippen LogP contribution in [0.4, 0.5) is 9.18 Å². The maximum atomic E-state index is 14.1. The summed E-state index contributed by atoms with van der Waals surface area (Å²) in [4.78, 5) is 23.8. The predicted molar refractivity (Wildman–Crippen MR) is 112 cm³/mol. The summed E-state index contributed by atoms with van der Waals surface area (Å²) in [5.41, 5.74) is 1.39. The zero-order valence-corrected chi connectivity index (χ0v) is 18.0. The number of hydrogen-bond acceptors (Lipinski definition) is 5. The Kier molecular flexibility index (Phi) is 7.80. The van der Waals surface area contributed by atoms with E-state index in [1.807, 2.05) is 6.92 Å². The molecule has 0 radical (unpaired) electrons. The lowest BCUT2D eigenvalue weighted by Crippen LogP contribution is -2.32. The molecule has 0 aliphatic heterocycles. The van der Waals surface area contributed by atoms with Gasteiger partial charge in [-0.15, -0.1) is 0 Å². The van der Waals surface area contributed by atoms with Crippen LogP contribution in [-0.2, 0) is 16.0 Å². The van der Waals surface area contributed by atoms with E-state index in [2.05, 4.69) is 10.1 Å². The number of esters is 1. The van der Waals surface area contributed by atoms with Crippen molar-refractivity contribution in [3.05, 3.63) is 53.3 Å². The fraction of sp³-hybridized carbons (Fsp3) is 0.391. The maximum Gasteiger partial charge on any atom is 0.407 e. The monoisotopic (exact) mass is 417 g/mol. The van der Waals surface area contributed by atoms with Gasteiger partial charge in [-0.2, -0.15) is 0 Å². The summed E-state index contributed by atoms with van der Waals surface area (Å²) in [5, 5.41) is 2.71. The first-order valence-corrected chi connectivity index (χ1v) is 9.74. The van der Waals surface area contributed by atoms with E-state index in [0.29, 0.717) is 29.0 Å². The number of carbonyl (C=O) groups excluding carboxylic acids is 2. The minimum Gasteiger partial charge on any atom is -0.493 e. The number of nitrogens with one attached hydrogen (secondary N) is 1. The number of alkyl carbamates (subject to hydrolysis) is 1. The third-order valence-corrected chi connectivity index (χ3v) is 4.00. The van der Waals surface area contributed by atoms with Gasteiger partial charge in [-0.25, -0.2) is 14.0 Å². The topological polar surface area (TPSA) is 73.9 Å². The van der Waals surface area contributed by atoms with E-state index in [1.165, 1.54) is 13.2 Å². The standard InChI is InChI=1S/C23H28FNO5/c1-6-9-29-20-8-7-15(10-18(20)14-25-22(27)30-23(2,3)4)16-11-17(21(26)28-5)13-19(24)12-16/h7-8,10-13H,6,9,14H2,1-5H3,(H,25,27). The molecule has 30 heavy (non-hydrogen) atoms. The van der Waals surface area contributed by atoms with Crippen molar-refractivity contribution in [1.29, 1.82) is 0 Å². The van der Waals surface area contributed by atoms with Gasteiger partial charge in [0, 0.05) is 12.1 Å². The molecule has 7 heteroatoms. The second-order valence-corrected chi connectivity index (χ2v) is 7.75. The Morgan fingerprint density at radius 1 is 1.07 bits per heavy atom. The second kappa shape index (κ2) is 10.1. The van der Waals surface area contributed by atoms with Crippen molar-refractivity contribution in [2.24, 2.45) is 0 Å². The van der Waals surface area contributed by atoms with Crippen LogP contribution >= 0.6 is 0 Å². The van der Waals surface area contributed by atoms with E-state index in [1.54, 1.807) is 45.0 Å². The first kappa shape index (κ1) is 23.2. The third-order valence-electron chi connectivity index (χ3n) is 4.00. The van der Waals surface area contributed by atoms with Crippen LogP contribution in [-0.4, -0.2) is 31.4 Å². The Labute approximate surface area is 176 Å². The molecular formula is C23H28FNO5. The molecule has 0 aliphatic rings. The van der Waals surface area contributed by atoms with Gasteiger partial charge in [0.2, 0.25) is 0 Å². The van der Waals surface area contributed by atoms with E-state index in [4.69, 9.17) is 9.47 Å². The predicted octanol–water partition coefficient (Wildman–Crippen LogP) is 5.09. The zero-order chi connectivity index (χ0) is 22.3. The smallest absolute Gasteiger partial charge is 0.407 e. The molecule has 0 atom stereocenters. The van der Waals surface area contributed by atoms with Crippen LogP contribution in [0.2, 0.25) is 0 Å². The number of halogens is 1. The average Bonchev–Trinajstić information content (AvgIpc) is 2.68. The van der Waals surface area contributed by atoms with Crippen molar-refractivity contribution in [1.82, 2.24) is 5.32 Å². The maximum absolute atomic E-state index is 14.1. The fourth-order valence-electron chi connectivity index (χ4n) is 2.72. The van der Waals surface area contributed by atoms with Gasteiger partial charge < -0.3 is 19.5 Å². The van der Waals surface area contributed by atoms with Gasteiger partial charge in [0.15, 0.2) is 0 Å². The highest BCUT2D eigenvalue weighted by Gasteiger charge is 2.17. The first-order valence-electron chi connectivity index (χ1n) is 9.74. The Morgan fingerprint density at radius 2 is 1.80 bits per heavy atom. The Bertz CT molecular complexity index is 905. The highest BCUT2D eigenvalue weighted by Crippen LogP contribution is 2.29. The van der Waals surface area contributed by atoms with Crippen molar-refractivity contribution in [2.75, 3.05) is 13.7 Å². The number of benzene rings is 2. The highest BCUT2D eigenvalue weighted by molar-refractivity contribution is 5.91. The summed E-state index contributed by atoms with van der Waals surface area (Å²) in [5.74, 6) is -0.556. The van der Waals surface area contributed by atoms with Gasteiger partial charge in [-0.3, -0.25) is 0 Å². The molecule has 0 aliphatic carbocycles. The van der Waals surface area contributed by atoms with Gasteiger partial charge in [0.05, 0.1) is 19.3 Å². The Hall–Kier alpha value is -3.09. The van der Waals surface area contributed by atoms with E-state index in [-0.39, 0.29) is 12.1 Å². The fourth-order valence-corrected chi connectivity index (χ4v) is 2.72. The van der Waals surface area contributed by atoms with Gasteiger partial charge in [-0.05, 0) is 68.7 Å². The van der Waals surface area contributed by atoms with Crippen LogP contribution in [0, 0.1) is 5.82 Å². The number of hydrogen-bond donors (Lipinski definition) is 1. The normalized spacial score (nSPS) is 11.0. The van der Waals surface area contributed by atoms with Gasteiger partial charge >= 0.3 is 12.1 Å². The molecule has 1 N–H and O–H groups in total. The molecule has 2 rings (SSSR count). The summed E-state index contributed by atoms with van der Waals surface area (Å²) in [6.45, 7) is 8.03. The Morgan fingerprint density at radius 3 is 2.43 bits per heavy atom. The number of rotatable bonds is 7. The molecule has 1 amide bonds. The summed E-state index contributed by atoms with van der Waals surface area (Å²) in [6, 6.07) is 9.34.